The summed E-state index contributed by atoms with van der Waals surface area (Å²) >= 11 is 0. The van der Waals surface area contributed by atoms with E-state index in [0.29, 0.717) is 12.1 Å². The van der Waals surface area contributed by atoms with Crippen LogP contribution in [0.2, 0.25) is 0 Å². The predicted molar refractivity (Wildman–Crippen MR) is 82.2 cm³/mol. The Morgan fingerprint density at radius 1 is 1.16 bits per heavy atom. The number of anilines is 2. The van der Waals surface area contributed by atoms with E-state index in [1.807, 2.05) is 4.98 Å². The number of benzene rings is 1. The van der Waals surface area contributed by atoms with Crippen molar-refractivity contribution in [2.45, 2.75) is 13.3 Å². The molecular formula is C16H13F3N2O4. The molecule has 0 aliphatic carbocycles. The number of ether oxygens (including phenoxy) is 1. The molecule has 0 saturated heterocycles. The fourth-order valence-corrected chi connectivity index (χ4v) is 1.99. The first kappa shape index (κ1) is 18.2. The van der Waals surface area contributed by atoms with Gasteiger partial charge in [0.05, 0.1) is 17.9 Å². The first-order valence-electron chi connectivity index (χ1n) is 7.15. The number of nitrogens with one attached hydrogen (secondary N) is 2. The van der Waals surface area contributed by atoms with Crippen LogP contribution in [0.1, 0.15) is 23.7 Å². The summed E-state index contributed by atoms with van der Waals surface area (Å²) in [6, 6.07) is 3.20. The predicted octanol–water partition coefficient (Wildman–Crippen LogP) is 2.67. The van der Waals surface area contributed by atoms with Gasteiger partial charge in [0, 0.05) is 6.07 Å². The summed E-state index contributed by atoms with van der Waals surface area (Å²) in [6.07, 6.45) is -0.695. The number of aromatic nitrogens is 1. The molecule has 6 nitrogen and oxygen atoms in total. The molecule has 0 unspecified atom stereocenters. The number of carbonyl (C=O) groups excluding carboxylic acids is 2. The van der Waals surface area contributed by atoms with Crippen molar-refractivity contribution >= 4 is 23.3 Å². The second-order valence-electron chi connectivity index (χ2n) is 4.89. The van der Waals surface area contributed by atoms with Crippen molar-refractivity contribution in [2.75, 3.05) is 11.9 Å². The number of H-pyrrole nitrogens is 1. The van der Waals surface area contributed by atoms with Crippen molar-refractivity contribution in [3.8, 4) is 0 Å². The van der Waals surface area contributed by atoms with Crippen molar-refractivity contribution in [3.05, 3.63) is 57.6 Å². The smallest absolute Gasteiger partial charge is 0.313 e. The van der Waals surface area contributed by atoms with Gasteiger partial charge in [-0.25, -0.2) is 13.2 Å². The molecule has 25 heavy (non-hydrogen) atoms. The minimum atomic E-state index is -1.25. The molecule has 0 spiro atoms. The molecule has 0 aliphatic rings. The highest BCUT2D eigenvalue weighted by Crippen LogP contribution is 2.22. The Labute approximate surface area is 139 Å². The third-order valence-electron chi connectivity index (χ3n) is 3.10. The van der Waals surface area contributed by atoms with Gasteiger partial charge in [-0.15, -0.1) is 0 Å². The summed E-state index contributed by atoms with van der Waals surface area (Å²) in [5, 5.41) is 2.39. The molecule has 1 aromatic heterocycles. The van der Waals surface area contributed by atoms with Crippen LogP contribution >= 0.6 is 0 Å². The number of hydrogen-bond acceptors (Lipinski definition) is 5. The highest BCUT2D eigenvalue weighted by molar-refractivity contribution is 6.08. The van der Waals surface area contributed by atoms with E-state index in [1.54, 1.807) is 6.92 Å². The molecule has 0 fully saturated rings. The monoisotopic (exact) mass is 354 g/mol. The summed E-state index contributed by atoms with van der Waals surface area (Å²) in [4.78, 5) is 37.1. The van der Waals surface area contributed by atoms with Gasteiger partial charge in [0.15, 0.2) is 11.6 Å². The molecular weight excluding hydrogens is 341 g/mol. The summed E-state index contributed by atoms with van der Waals surface area (Å²) in [6.45, 7) is 1.60. The topological polar surface area (TPSA) is 88.3 Å². The fraction of sp³-hybridized carbons (Fsp3) is 0.188. The lowest BCUT2D eigenvalue weighted by Gasteiger charge is -2.12. The molecule has 0 radical (unpaired) electrons. The number of rotatable bonds is 6. The molecule has 0 saturated carbocycles. The first-order chi connectivity index (χ1) is 11.8. The van der Waals surface area contributed by atoms with Gasteiger partial charge in [0.25, 0.3) is 5.56 Å². The number of pyridine rings is 1. The van der Waals surface area contributed by atoms with E-state index in [4.69, 9.17) is 0 Å². The van der Waals surface area contributed by atoms with Gasteiger partial charge in [-0.05, 0) is 25.1 Å². The normalized spacial score (nSPS) is 10.4. The summed E-state index contributed by atoms with van der Waals surface area (Å²) in [5.74, 6) is -5.08. The average Bonchev–Trinajstić information content (AvgIpc) is 2.53. The van der Waals surface area contributed by atoms with E-state index in [1.165, 1.54) is 0 Å². The van der Waals surface area contributed by atoms with E-state index in [0.717, 1.165) is 12.1 Å². The molecule has 0 aliphatic heterocycles. The Morgan fingerprint density at radius 2 is 1.88 bits per heavy atom. The number of carbonyl (C=O) groups is 2. The van der Waals surface area contributed by atoms with Gasteiger partial charge in [-0.3, -0.25) is 14.4 Å². The maximum Gasteiger partial charge on any atom is 0.313 e. The van der Waals surface area contributed by atoms with Crippen molar-refractivity contribution in [2.24, 2.45) is 0 Å². The molecule has 2 aromatic rings. The Balaban J connectivity index is 2.39. The van der Waals surface area contributed by atoms with Crippen LogP contribution in [-0.4, -0.2) is 23.3 Å². The van der Waals surface area contributed by atoms with E-state index < -0.39 is 41.2 Å². The number of Topliss-reactive ketones (excluding diaryl/α,β-unsaturated/α-hetero) is 1. The lowest BCUT2D eigenvalue weighted by molar-refractivity contribution is -0.141. The van der Waals surface area contributed by atoms with Crippen LogP contribution in [0.4, 0.5) is 24.7 Å². The average molecular weight is 354 g/mol. The highest BCUT2D eigenvalue weighted by atomic mass is 19.1. The quantitative estimate of drug-likeness (QED) is 0.473. The van der Waals surface area contributed by atoms with Crippen molar-refractivity contribution in [1.82, 2.24) is 4.98 Å². The Hall–Kier alpha value is -3.10. The number of esters is 1. The minimum absolute atomic E-state index is 0.0536. The molecule has 1 aromatic carbocycles. The Morgan fingerprint density at radius 3 is 2.52 bits per heavy atom. The van der Waals surface area contributed by atoms with Crippen LogP contribution in [0.3, 0.4) is 0 Å². The standard InChI is InChI=1S/C16H13F3N2O4/c1-2-25-14(23)7-13(22)9-6-11(19)16(24)21-15(9)20-12-4-3-8(17)5-10(12)18/h3-6H,2,7H2,1H3,(H2,20,21,24). The molecule has 1 heterocycles. The molecule has 2 N–H and O–H groups in total. The Bertz CT molecular complexity index is 880. The maximum atomic E-state index is 13.7. The van der Waals surface area contributed by atoms with Gasteiger partial charge >= 0.3 is 5.97 Å². The number of ketones is 1. The van der Waals surface area contributed by atoms with Gasteiger partial charge < -0.3 is 15.0 Å². The third-order valence-corrected chi connectivity index (χ3v) is 3.10. The molecule has 0 bridgehead atoms. The van der Waals surface area contributed by atoms with Crippen molar-refractivity contribution < 1.29 is 27.5 Å². The zero-order chi connectivity index (χ0) is 18.6. The zero-order valence-corrected chi connectivity index (χ0v) is 13.0. The minimum Gasteiger partial charge on any atom is -0.466 e. The van der Waals surface area contributed by atoms with E-state index in [2.05, 4.69) is 10.1 Å². The molecule has 0 atom stereocenters. The van der Waals surface area contributed by atoms with E-state index in [9.17, 15) is 27.6 Å². The lowest BCUT2D eigenvalue weighted by atomic mass is 10.1. The van der Waals surface area contributed by atoms with Crippen molar-refractivity contribution in [1.29, 1.82) is 0 Å². The van der Waals surface area contributed by atoms with Gasteiger partial charge in [0.1, 0.15) is 23.9 Å². The van der Waals surface area contributed by atoms with Crippen LogP contribution in [0.25, 0.3) is 0 Å². The molecule has 2 rings (SSSR count). The number of aromatic amines is 1. The largest absolute Gasteiger partial charge is 0.466 e. The van der Waals surface area contributed by atoms with Gasteiger partial charge in [-0.2, -0.15) is 0 Å². The Kier molecular flexibility index (Phi) is 5.58. The van der Waals surface area contributed by atoms with Crippen LogP contribution in [0.5, 0.6) is 0 Å². The summed E-state index contributed by atoms with van der Waals surface area (Å²) in [7, 11) is 0. The van der Waals surface area contributed by atoms with E-state index >= 15 is 0 Å². The molecule has 0 amide bonds. The van der Waals surface area contributed by atoms with Crippen molar-refractivity contribution in [3.63, 3.8) is 0 Å². The van der Waals surface area contributed by atoms with E-state index in [-0.39, 0.29) is 23.7 Å². The van der Waals surface area contributed by atoms with Gasteiger partial charge in [0.2, 0.25) is 0 Å². The number of halogens is 3. The van der Waals surface area contributed by atoms with Gasteiger partial charge in [-0.1, -0.05) is 0 Å². The SMILES string of the molecule is CCOC(=O)CC(=O)c1cc(F)c(=O)[nH]c1Nc1ccc(F)cc1F. The van der Waals surface area contributed by atoms with Crippen LogP contribution < -0.4 is 10.9 Å². The molecule has 9 heteroatoms. The van der Waals surface area contributed by atoms with Crippen LogP contribution in [0, 0.1) is 17.5 Å². The second-order valence-corrected chi connectivity index (χ2v) is 4.89. The van der Waals surface area contributed by atoms with Crippen LogP contribution in [0.15, 0.2) is 29.1 Å². The second kappa shape index (κ2) is 7.65. The summed E-state index contributed by atoms with van der Waals surface area (Å²) in [5.41, 5.74) is -1.79. The first-order valence-corrected chi connectivity index (χ1v) is 7.15. The third kappa shape index (κ3) is 4.46. The highest BCUT2D eigenvalue weighted by Gasteiger charge is 2.20. The zero-order valence-electron chi connectivity index (χ0n) is 13.0. The maximum absolute atomic E-state index is 13.7. The number of hydrogen-bond donors (Lipinski definition) is 2. The lowest BCUT2D eigenvalue weighted by Crippen LogP contribution is -2.19. The fourth-order valence-electron chi connectivity index (χ4n) is 1.99. The summed E-state index contributed by atoms with van der Waals surface area (Å²) < 4.78 is 44.8. The van der Waals surface area contributed by atoms with Crippen LogP contribution in [-0.2, 0) is 9.53 Å². The molecule has 132 valence electrons.